The van der Waals surface area contributed by atoms with Crippen LogP contribution in [0.5, 0.6) is 0 Å². The third-order valence-electron chi connectivity index (χ3n) is 4.58. The average Bonchev–Trinajstić information content (AvgIpc) is 3.41. The molecule has 1 aliphatic heterocycles. The van der Waals surface area contributed by atoms with E-state index < -0.39 is 0 Å². The molecule has 25 heavy (non-hydrogen) atoms. The van der Waals surface area contributed by atoms with E-state index in [-0.39, 0.29) is 11.9 Å². The molecule has 0 bridgehead atoms. The number of hydrogen-bond donors (Lipinski definition) is 0. The molecular formula is C18H19N5O2. The van der Waals surface area contributed by atoms with Crippen molar-refractivity contribution < 1.29 is 9.21 Å². The Bertz CT molecular complexity index is 871. The van der Waals surface area contributed by atoms with Gasteiger partial charge in [0.25, 0.3) is 5.91 Å². The van der Waals surface area contributed by atoms with Gasteiger partial charge in [0.15, 0.2) is 0 Å². The number of tetrazole rings is 1. The monoisotopic (exact) mass is 337 g/mol. The van der Waals surface area contributed by atoms with Gasteiger partial charge in [0.05, 0.1) is 11.7 Å². The van der Waals surface area contributed by atoms with Crippen LogP contribution in [0.3, 0.4) is 0 Å². The van der Waals surface area contributed by atoms with E-state index in [9.17, 15) is 4.79 Å². The molecule has 1 amide bonds. The molecule has 1 aromatic carbocycles. The summed E-state index contributed by atoms with van der Waals surface area (Å²) in [6, 6.07) is 11.3. The Morgan fingerprint density at radius 2 is 2.24 bits per heavy atom. The maximum Gasteiger partial charge on any atom is 0.254 e. The van der Waals surface area contributed by atoms with Crippen LogP contribution in [-0.4, -0.2) is 37.6 Å². The highest BCUT2D eigenvalue weighted by atomic mass is 16.3. The van der Waals surface area contributed by atoms with E-state index in [2.05, 4.69) is 22.4 Å². The highest BCUT2D eigenvalue weighted by Gasteiger charge is 2.32. The minimum Gasteiger partial charge on any atom is -0.464 e. The van der Waals surface area contributed by atoms with Crippen molar-refractivity contribution in [2.75, 3.05) is 6.54 Å². The minimum atomic E-state index is 0.00416. The summed E-state index contributed by atoms with van der Waals surface area (Å²) >= 11 is 0. The third-order valence-corrected chi connectivity index (χ3v) is 4.58. The maximum absolute atomic E-state index is 13.1. The van der Waals surface area contributed by atoms with Gasteiger partial charge in [-0.2, -0.15) is 0 Å². The molecule has 0 aliphatic carbocycles. The van der Waals surface area contributed by atoms with E-state index in [0.717, 1.165) is 43.0 Å². The number of aromatic nitrogens is 4. The van der Waals surface area contributed by atoms with Crippen LogP contribution < -0.4 is 0 Å². The lowest BCUT2D eigenvalue weighted by molar-refractivity contribution is 0.0719. The van der Waals surface area contributed by atoms with Gasteiger partial charge in [0.1, 0.15) is 17.8 Å². The lowest BCUT2D eigenvalue weighted by Crippen LogP contribution is -2.30. The molecule has 0 N–H and O–H groups in total. The molecule has 0 saturated carbocycles. The molecule has 3 aromatic rings. The SMILES string of the molecule is CCc1ccc([C@@H]2CCCN2C(=O)c2cccc(-n3cnnn3)c2)o1. The zero-order valence-electron chi connectivity index (χ0n) is 14.0. The summed E-state index contributed by atoms with van der Waals surface area (Å²) in [6.07, 6.45) is 4.27. The molecule has 1 saturated heterocycles. The fourth-order valence-electron chi connectivity index (χ4n) is 3.30. The van der Waals surface area contributed by atoms with Crippen molar-refractivity contribution in [1.82, 2.24) is 25.1 Å². The predicted octanol–water partition coefficient (Wildman–Crippen LogP) is 2.80. The number of furan rings is 1. The van der Waals surface area contributed by atoms with Gasteiger partial charge in [0.2, 0.25) is 0 Å². The Hall–Kier alpha value is -2.96. The van der Waals surface area contributed by atoms with Crippen molar-refractivity contribution >= 4 is 5.91 Å². The van der Waals surface area contributed by atoms with Gasteiger partial charge >= 0.3 is 0 Å². The van der Waals surface area contributed by atoms with Gasteiger partial charge < -0.3 is 9.32 Å². The van der Waals surface area contributed by atoms with Crippen LogP contribution in [0.2, 0.25) is 0 Å². The van der Waals surface area contributed by atoms with Gasteiger partial charge in [-0.05, 0) is 53.6 Å². The van der Waals surface area contributed by atoms with Crippen molar-refractivity contribution in [2.45, 2.75) is 32.2 Å². The zero-order chi connectivity index (χ0) is 17.2. The predicted molar refractivity (Wildman–Crippen MR) is 90.3 cm³/mol. The first-order valence-electron chi connectivity index (χ1n) is 8.49. The number of likely N-dealkylation sites (tertiary alicyclic amines) is 1. The van der Waals surface area contributed by atoms with Crippen molar-refractivity contribution in [1.29, 1.82) is 0 Å². The number of carbonyl (C=O) groups excluding carboxylic acids is 1. The molecule has 1 aliphatic rings. The first-order valence-corrected chi connectivity index (χ1v) is 8.49. The molecule has 0 radical (unpaired) electrons. The summed E-state index contributed by atoms with van der Waals surface area (Å²) in [5.41, 5.74) is 1.39. The van der Waals surface area contributed by atoms with Crippen LogP contribution in [0.25, 0.3) is 5.69 Å². The number of rotatable bonds is 4. The number of amides is 1. The number of aryl methyl sites for hydroxylation is 1. The lowest BCUT2D eigenvalue weighted by Gasteiger charge is -2.23. The second-order valence-corrected chi connectivity index (χ2v) is 6.12. The lowest BCUT2D eigenvalue weighted by atomic mass is 10.1. The summed E-state index contributed by atoms with van der Waals surface area (Å²) < 4.78 is 7.43. The van der Waals surface area contributed by atoms with Crippen molar-refractivity contribution in [3.8, 4) is 5.69 Å². The topological polar surface area (TPSA) is 77.1 Å². The Labute approximate surface area is 145 Å². The molecule has 0 unspecified atom stereocenters. The molecule has 7 nitrogen and oxygen atoms in total. The summed E-state index contributed by atoms with van der Waals surface area (Å²) in [5, 5.41) is 11.1. The number of hydrogen-bond acceptors (Lipinski definition) is 5. The first-order chi connectivity index (χ1) is 12.3. The van der Waals surface area contributed by atoms with Crippen LogP contribution in [0.1, 0.15) is 47.7 Å². The number of nitrogens with zero attached hydrogens (tertiary/aromatic N) is 5. The average molecular weight is 337 g/mol. The Morgan fingerprint density at radius 3 is 3.00 bits per heavy atom. The van der Waals surface area contributed by atoms with Gasteiger partial charge in [-0.3, -0.25) is 4.79 Å². The van der Waals surface area contributed by atoms with Crippen molar-refractivity contribution in [3.05, 3.63) is 59.8 Å². The fourth-order valence-corrected chi connectivity index (χ4v) is 3.30. The van der Waals surface area contributed by atoms with Crippen LogP contribution in [-0.2, 0) is 6.42 Å². The largest absolute Gasteiger partial charge is 0.464 e. The summed E-state index contributed by atoms with van der Waals surface area (Å²) in [6.45, 7) is 2.80. The minimum absolute atomic E-state index is 0.00416. The first kappa shape index (κ1) is 15.6. The Balaban J connectivity index is 1.60. The van der Waals surface area contributed by atoms with Crippen LogP contribution in [0.15, 0.2) is 47.1 Å². The van der Waals surface area contributed by atoms with Gasteiger partial charge in [0, 0.05) is 18.5 Å². The van der Waals surface area contributed by atoms with E-state index in [1.54, 1.807) is 0 Å². The number of carbonyl (C=O) groups is 1. The van der Waals surface area contributed by atoms with E-state index >= 15 is 0 Å². The smallest absolute Gasteiger partial charge is 0.254 e. The van der Waals surface area contributed by atoms with E-state index in [4.69, 9.17) is 4.42 Å². The second-order valence-electron chi connectivity index (χ2n) is 6.12. The number of benzene rings is 1. The second kappa shape index (κ2) is 6.51. The molecule has 1 fully saturated rings. The third kappa shape index (κ3) is 2.93. The highest BCUT2D eigenvalue weighted by Crippen LogP contribution is 2.34. The molecule has 128 valence electrons. The van der Waals surface area contributed by atoms with E-state index in [1.807, 2.05) is 41.3 Å². The Morgan fingerprint density at radius 1 is 1.32 bits per heavy atom. The molecule has 2 aromatic heterocycles. The van der Waals surface area contributed by atoms with E-state index in [0.29, 0.717) is 5.56 Å². The highest BCUT2D eigenvalue weighted by molar-refractivity contribution is 5.95. The van der Waals surface area contributed by atoms with Gasteiger partial charge in [-0.25, -0.2) is 4.68 Å². The van der Waals surface area contributed by atoms with Crippen LogP contribution >= 0.6 is 0 Å². The van der Waals surface area contributed by atoms with Crippen LogP contribution in [0.4, 0.5) is 0 Å². The van der Waals surface area contributed by atoms with Gasteiger partial charge in [-0.1, -0.05) is 13.0 Å². The molecule has 0 spiro atoms. The summed E-state index contributed by atoms with van der Waals surface area (Å²) in [4.78, 5) is 15.0. The van der Waals surface area contributed by atoms with E-state index in [1.165, 1.54) is 11.0 Å². The molecule has 1 atom stereocenters. The molecule has 7 heteroatoms. The van der Waals surface area contributed by atoms with Crippen LogP contribution in [0, 0.1) is 0 Å². The normalized spacial score (nSPS) is 17.2. The van der Waals surface area contributed by atoms with Crippen molar-refractivity contribution in [2.24, 2.45) is 0 Å². The Kier molecular flexibility index (Phi) is 4.05. The molecular weight excluding hydrogens is 318 g/mol. The fraction of sp³-hybridized carbons (Fsp3) is 0.333. The summed E-state index contributed by atoms with van der Waals surface area (Å²) in [5.74, 6) is 1.83. The van der Waals surface area contributed by atoms with Gasteiger partial charge in [-0.15, -0.1) is 5.10 Å². The molecule has 4 rings (SSSR count). The maximum atomic E-state index is 13.1. The van der Waals surface area contributed by atoms with Crippen molar-refractivity contribution in [3.63, 3.8) is 0 Å². The summed E-state index contributed by atoms with van der Waals surface area (Å²) in [7, 11) is 0. The zero-order valence-corrected chi connectivity index (χ0v) is 14.0. The standard InChI is InChI=1S/C18H19N5O2/c1-2-15-8-9-17(25-15)16-7-4-10-22(16)18(24)13-5-3-6-14(11-13)23-12-19-20-21-23/h3,5-6,8-9,11-12,16H,2,4,7,10H2,1H3/t16-/m0/s1. The quantitative estimate of drug-likeness (QED) is 0.731. The molecule has 3 heterocycles.